The Morgan fingerprint density at radius 3 is 3.33 bits per heavy atom. The van der Waals surface area contributed by atoms with Crippen molar-refractivity contribution in [1.29, 1.82) is 0 Å². The average Bonchev–Trinajstić information content (AvgIpc) is 2.87. The molecule has 1 fully saturated rings. The van der Waals surface area contributed by atoms with E-state index in [-0.39, 0.29) is 6.10 Å². The quantitative estimate of drug-likeness (QED) is 0.772. The molecule has 0 radical (unpaired) electrons. The van der Waals surface area contributed by atoms with Crippen LogP contribution in [0, 0.1) is 0 Å². The molecule has 0 spiro atoms. The van der Waals surface area contributed by atoms with E-state index in [1.54, 1.807) is 16.9 Å². The minimum Gasteiger partial charge on any atom is -0.471 e. The van der Waals surface area contributed by atoms with Crippen LogP contribution in [0.3, 0.4) is 0 Å². The minimum absolute atomic E-state index is 0.235. The van der Waals surface area contributed by atoms with E-state index < -0.39 is 0 Å². The molecule has 2 aromatic heterocycles. The third-order valence-corrected chi connectivity index (χ3v) is 2.58. The standard InChI is InChI=1S/C10H12N4O/c1-3-11-7-8(1)15-10-9-2-4-13-14(9)6-5-12-10/h2,4-6,8,11H,1,3,7H2. The number of aromatic nitrogens is 3. The molecule has 0 saturated carbocycles. The van der Waals surface area contributed by atoms with Crippen molar-refractivity contribution >= 4 is 5.52 Å². The van der Waals surface area contributed by atoms with Crippen LogP contribution < -0.4 is 10.1 Å². The number of hydrogen-bond donors (Lipinski definition) is 1. The maximum Gasteiger partial charge on any atom is 0.240 e. The van der Waals surface area contributed by atoms with E-state index in [9.17, 15) is 0 Å². The van der Waals surface area contributed by atoms with Crippen LogP contribution >= 0.6 is 0 Å². The normalized spacial score (nSPS) is 20.9. The van der Waals surface area contributed by atoms with Gasteiger partial charge >= 0.3 is 0 Å². The number of rotatable bonds is 2. The monoisotopic (exact) mass is 204 g/mol. The van der Waals surface area contributed by atoms with Gasteiger partial charge in [-0.2, -0.15) is 5.10 Å². The van der Waals surface area contributed by atoms with Gasteiger partial charge in [-0.05, 0) is 19.0 Å². The van der Waals surface area contributed by atoms with Crippen molar-refractivity contribution in [3.63, 3.8) is 0 Å². The maximum absolute atomic E-state index is 5.81. The van der Waals surface area contributed by atoms with Gasteiger partial charge in [-0.15, -0.1) is 0 Å². The van der Waals surface area contributed by atoms with Crippen LogP contribution in [0.1, 0.15) is 6.42 Å². The predicted molar refractivity (Wildman–Crippen MR) is 54.9 cm³/mol. The lowest BCUT2D eigenvalue weighted by Crippen LogP contribution is -2.20. The lowest BCUT2D eigenvalue weighted by molar-refractivity contribution is 0.216. The molecule has 5 heteroatoms. The summed E-state index contributed by atoms with van der Waals surface area (Å²) in [6.07, 6.45) is 6.54. The zero-order chi connectivity index (χ0) is 10.1. The summed E-state index contributed by atoms with van der Waals surface area (Å²) in [6, 6.07) is 1.91. The second-order valence-corrected chi connectivity index (χ2v) is 3.63. The average molecular weight is 204 g/mol. The second-order valence-electron chi connectivity index (χ2n) is 3.63. The lowest BCUT2D eigenvalue weighted by Gasteiger charge is -2.11. The Balaban J connectivity index is 1.92. The molecular weight excluding hydrogens is 192 g/mol. The van der Waals surface area contributed by atoms with Crippen LogP contribution in [0.4, 0.5) is 0 Å². The summed E-state index contributed by atoms with van der Waals surface area (Å²) in [4.78, 5) is 4.23. The summed E-state index contributed by atoms with van der Waals surface area (Å²) in [5.74, 6) is 0.670. The fourth-order valence-corrected chi connectivity index (χ4v) is 1.81. The van der Waals surface area contributed by atoms with Gasteiger partial charge in [0.1, 0.15) is 11.6 Å². The van der Waals surface area contributed by atoms with Crippen molar-refractivity contribution in [2.24, 2.45) is 0 Å². The molecule has 5 nitrogen and oxygen atoms in total. The lowest BCUT2D eigenvalue weighted by atomic mass is 10.3. The van der Waals surface area contributed by atoms with Gasteiger partial charge in [-0.3, -0.25) is 0 Å². The van der Waals surface area contributed by atoms with Crippen molar-refractivity contribution < 1.29 is 4.74 Å². The number of nitrogens with one attached hydrogen (secondary N) is 1. The third-order valence-electron chi connectivity index (χ3n) is 2.58. The first-order valence-corrected chi connectivity index (χ1v) is 5.09. The fraction of sp³-hybridized carbons (Fsp3) is 0.400. The van der Waals surface area contributed by atoms with E-state index in [0.717, 1.165) is 25.0 Å². The molecule has 1 unspecified atom stereocenters. The molecule has 0 amide bonds. The van der Waals surface area contributed by atoms with E-state index in [2.05, 4.69) is 15.4 Å². The Bertz CT molecular complexity index is 461. The molecule has 3 rings (SSSR count). The summed E-state index contributed by atoms with van der Waals surface area (Å²) in [5, 5.41) is 7.39. The molecule has 1 aliphatic rings. The van der Waals surface area contributed by atoms with Gasteiger partial charge in [0.2, 0.25) is 5.88 Å². The van der Waals surface area contributed by atoms with Crippen LogP contribution in [0.15, 0.2) is 24.7 Å². The van der Waals surface area contributed by atoms with Crippen molar-refractivity contribution in [1.82, 2.24) is 19.9 Å². The fourth-order valence-electron chi connectivity index (χ4n) is 1.81. The van der Waals surface area contributed by atoms with Crippen molar-refractivity contribution in [2.45, 2.75) is 12.5 Å². The van der Waals surface area contributed by atoms with E-state index in [1.807, 2.05) is 12.3 Å². The molecule has 1 aliphatic heterocycles. The topological polar surface area (TPSA) is 51.5 Å². The van der Waals surface area contributed by atoms with Gasteiger partial charge < -0.3 is 10.1 Å². The highest BCUT2D eigenvalue weighted by Gasteiger charge is 2.17. The van der Waals surface area contributed by atoms with Crippen molar-refractivity contribution in [3.05, 3.63) is 24.7 Å². The van der Waals surface area contributed by atoms with Crippen molar-refractivity contribution in [3.8, 4) is 5.88 Å². The summed E-state index contributed by atoms with van der Waals surface area (Å²) < 4.78 is 7.58. The molecule has 1 N–H and O–H groups in total. The Morgan fingerprint density at radius 1 is 1.47 bits per heavy atom. The zero-order valence-electron chi connectivity index (χ0n) is 8.26. The van der Waals surface area contributed by atoms with E-state index in [0.29, 0.717) is 5.88 Å². The molecule has 0 aromatic carbocycles. The smallest absolute Gasteiger partial charge is 0.240 e. The highest BCUT2D eigenvalue weighted by molar-refractivity contribution is 5.54. The van der Waals surface area contributed by atoms with Gasteiger partial charge in [0.05, 0.1) is 6.20 Å². The first-order chi connectivity index (χ1) is 7.43. The van der Waals surface area contributed by atoms with Gasteiger partial charge in [0, 0.05) is 18.9 Å². The molecular formula is C10H12N4O. The number of ether oxygens (including phenoxy) is 1. The number of hydrogen-bond acceptors (Lipinski definition) is 4. The molecule has 2 aromatic rings. The van der Waals surface area contributed by atoms with Gasteiger partial charge in [-0.25, -0.2) is 9.50 Å². The van der Waals surface area contributed by atoms with Crippen LogP contribution in [-0.2, 0) is 0 Å². The highest BCUT2D eigenvalue weighted by atomic mass is 16.5. The first kappa shape index (κ1) is 8.67. The second kappa shape index (κ2) is 3.51. The summed E-state index contributed by atoms with van der Waals surface area (Å²) in [5.41, 5.74) is 0.921. The third kappa shape index (κ3) is 1.55. The Kier molecular flexibility index (Phi) is 2.03. The largest absolute Gasteiger partial charge is 0.471 e. The van der Waals surface area contributed by atoms with E-state index >= 15 is 0 Å². The van der Waals surface area contributed by atoms with E-state index in [1.165, 1.54) is 0 Å². The van der Waals surface area contributed by atoms with Gasteiger partial charge in [0.25, 0.3) is 0 Å². The molecule has 3 heterocycles. The van der Waals surface area contributed by atoms with Gasteiger partial charge in [0.15, 0.2) is 0 Å². The first-order valence-electron chi connectivity index (χ1n) is 5.09. The number of nitrogens with zero attached hydrogens (tertiary/aromatic N) is 3. The summed E-state index contributed by atoms with van der Waals surface area (Å²) >= 11 is 0. The van der Waals surface area contributed by atoms with Crippen LogP contribution in [-0.4, -0.2) is 33.8 Å². The Hall–Kier alpha value is -1.62. The SMILES string of the molecule is c1cn2nccc2c(OC2CCNC2)n1. The summed E-state index contributed by atoms with van der Waals surface area (Å²) in [7, 11) is 0. The molecule has 1 saturated heterocycles. The van der Waals surface area contributed by atoms with Crippen LogP contribution in [0.25, 0.3) is 5.52 Å². The molecule has 0 bridgehead atoms. The maximum atomic E-state index is 5.81. The Labute approximate surface area is 87.1 Å². The number of fused-ring (bicyclic) bond motifs is 1. The summed E-state index contributed by atoms with van der Waals surface area (Å²) in [6.45, 7) is 1.92. The van der Waals surface area contributed by atoms with E-state index in [4.69, 9.17) is 4.74 Å². The zero-order valence-corrected chi connectivity index (χ0v) is 8.26. The Morgan fingerprint density at radius 2 is 2.47 bits per heavy atom. The van der Waals surface area contributed by atoms with Crippen LogP contribution in [0.2, 0.25) is 0 Å². The predicted octanol–water partition coefficient (Wildman–Crippen LogP) is 0.470. The minimum atomic E-state index is 0.235. The highest BCUT2D eigenvalue weighted by Crippen LogP contribution is 2.18. The molecule has 1 atom stereocenters. The van der Waals surface area contributed by atoms with Crippen molar-refractivity contribution in [2.75, 3.05) is 13.1 Å². The van der Waals surface area contributed by atoms with Gasteiger partial charge in [-0.1, -0.05) is 0 Å². The van der Waals surface area contributed by atoms with Crippen LogP contribution in [0.5, 0.6) is 5.88 Å². The molecule has 0 aliphatic carbocycles. The molecule has 15 heavy (non-hydrogen) atoms. The molecule has 78 valence electrons.